The van der Waals surface area contributed by atoms with Crippen LogP contribution in [0.5, 0.6) is 0 Å². The normalized spacial score (nSPS) is 12.7. The van der Waals surface area contributed by atoms with E-state index in [1.165, 1.54) is 5.19 Å². The van der Waals surface area contributed by atoms with Gasteiger partial charge in [0.1, 0.15) is 0 Å². The van der Waals surface area contributed by atoms with Gasteiger partial charge in [-0.2, -0.15) is 0 Å². The Morgan fingerprint density at radius 3 is 1.45 bits per heavy atom. The van der Waals surface area contributed by atoms with Gasteiger partial charge in [-0.05, 0) is 45.5 Å². The number of rotatable bonds is 8. The minimum absolute atomic E-state index is 1.09. The Balaban J connectivity index is 3.49. The fourth-order valence-electron chi connectivity index (χ4n) is 3.38. The Kier molecular flexibility index (Phi) is 6.89. The predicted octanol–water partition coefficient (Wildman–Crippen LogP) is 2.08. The largest absolute Gasteiger partial charge is 0.323 e. The summed E-state index contributed by atoms with van der Waals surface area (Å²) in [6.07, 6.45) is 0. The van der Waals surface area contributed by atoms with Gasteiger partial charge < -0.3 is 4.57 Å². The molecular weight excluding hydrogens is 262 g/mol. The molecule has 0 aliphatic carbocycles. The lowest BCUT2D eigenvalue weighted by Crippen LogP contribution is -2.79. The second-order valence-corrected chi connectivity index (χ2v) is 9.25. The van der Waals surface area contributed by atoms with Crippen LogP contribution in [-0.2, 0) is 0 Å². The highest BCUT2D eigenvalue weighted by Crippen LogP contribution is 2.18. The summed E-state index contributed by atoms with van der Waals surface area (Å²) in [7, 11) is 2.48. The molecule has 0 aliphatic heterocycles. The average molecular weight is 294 g/mol. The van der Waals surface area contributed by atoms with Crippen LogP contribution < -0.4 is 5.19 Å². The summed E-state index contributed by atoms with van der Waals surface area (Å²) in [5, 5.41) is 1.48. The number of nitrogens with zero attached hydrogens (tertiary/aromatic N) is 3. The van der Waals surface area contributed by atoms with Gasteiger partial charge in [0.05, 0.1) is 0 Å². The van der Waals surface area contributed by atoms with Crippen LogP contribution in [0.3, 0.4) is 0 Å². The second kappa shape index (κ2) is 7.93. The molecule has 0 heterocycles. The maximum atomic E-state index is 2.68. The van der Waals surface area contributed by atoms with Crippen LogP contribution in [-0.4, -0.2) is 62.5 Å². The third-order valence-corrected chi connectivity index (χ3v) is 9.58. The zero-order chi connectivity index (χ0) is 15.2. The van der Waals surface area contributed by atoms with Crippen LogP contribution >= 0.6 is 0 Å². The SMILES string of the molecule is CCN(CC)[Si](c1ccccc1)(N(C)C)N(CC)CC. The number of hydrogen-bond donors (Lipinski definition) is 0. The molecule has 20 heavy (non-hydrogen) atoms. The van der Waals surface area contributed by atoms with Crippen molar-refractivity contribution in [3.8, 4) is 0 Å². The molecule has 0 spiro atoms. The van der Waals surface area contributed by atoms with E-state index >= 15 is 0 Å². The van der Waals surface area contributed by atoms with Crippen LogP contribution in [0.25, 0.3) is 0 Å². The first-order valence-corrected chi connectivity index (χ1v) is 9.66. The maximum Gasteiger partial charge on any atom is 0.323 e. The molecule has 0 amide bonds. The topological polar surface area (TPSA) is 9.72 Å². The molecule has 3 nitrogen and oxygen atoms in total. The molecule has 1 rings (SSSR count). The van der Waals surface area contributed by atoms with Crippen LogP contribution in [0.15, 0.2) is 30.3 Å². The summed E-state index contributed by atoms with van der Waals surface area (Å²) < 4.78 is 7.84. The highest BCUT2D eigenvalue weighted by molar-refractivity contribution is 6.84. The van der Waals surface area contributed by atoms with Gasteiger partial charge in [-0.3, -0.25) is 9.13 Å². The molecular formula is C16H31N3Si. The summed E-state index contributed by atoms with van der Waals surface area (Å²) in [6.45, 7) is 13.5. The van der Waals surface area contributed by atoms with Crippen molar-refractivity contribution in [2.75, 3.05) is 40.3 Å². The Morgan fingerprint density at radius 2 is 1.15 bits per heavy atom. The average Bonchev–Trinajstić information content (AvgIpc) is 2.48. The molecule has 0 aromatic heterocycles. The number of benzene rings is 1. The standard InChI is InChI=1S/C16H31N3Si/c1-7-18(8-2)20(17(5)6,19(9-3)10-4)16-14-12-11-13-15-16/h11-15H,7-10H2,1-6H3. The van der Waals surface area contributed by atoms with E-state index in [9.17, 15) is 0 Å². The van der Waals surface area contributed by atoms with Crippen LogP contribution in [0.1, 0.15) is 27.7 Å². The lowest BCUT2D eigenvalue weighted by Gasteiger charge is -2.51. The molecule has 0 bridgehead atoms. The van der Waals surface area contributed by atoms with E-state index in [1.54, 1.807) is 0 Å². The monoisotopic (exact) mass is 293 g/mol. The first-order valence-electron chi connectivity index (χ1n) is 7.82. The molecule has 0 saturated carbocycles. The van der Waals surface area contributed by atoms with Gasteiger partial charge in [0.25, 0.3) is 0 Å². The molecule has 0 aliphatic rings. The Hall–Kier alpha value is -0.683. The van der Waals surface area contributed by atoms with Gasteiger partial charge >= 0.3 is 8.56 Å². The van der Waals surface area contributed by atoms with Gasteiger partial charge in [-0.1, -0.05) is 58.0 Å². The van der Waals surface area contributed by atoms with E-state index in [1.807, 2.05) is 0 Å². The van der Waals surface area contributed by atoms with E-state index in [-0.39, 0.29) is 0 Å². The van der Waals surface area contributed by atoms with Crippen LogP contribution in [0, 0.1) is 0 Å². The summed E-state index contributed by atoms with van der Waals surface area (Å²) in [5.74, 6) is 0. The lowest BCUT2D eigenvalue weighted by molar-refractivity contribution is 0.305. The van der Waals surface area contributed by atoms with Crippen molar-refractivity contribution in [2.24, 2.45) is 0 Å². The van der Waals surface area contributed by atoms with E-state index in [0.29, 0.717) is 0 Å². The van der Waals surface area contributed by atoms with E-state index in [2.05, 4.69) is 85.8 Å². The molecule has 114 valence electrons. The van der Waals surface area contributed by atoms with E-state index in [4.69, 9.17) is 0 Å². The van der Waals surface area contributed by atoms with Gasteiger partial charge in [-0.25, -0.2) is 0 Å². The minimum Gasteiger partial charge on any atom is -0.301 e. The fraction of sp³-hybridized carbons (Fsp3) is 0.625. The van der Waals surface area contributed by atoms with Gasteiger partial charge in [0.2, 0.25) is 0 Å². The van der Waals surface area contributed by atoms with Crippen molar-refractivity contribution in [3.63, 3.8) is 0 Å². The zero-order valence-corrected chi connectivity index (χ0v) is 15.1. The molecule has 4 heteroatoms. The lowest BCUT2D eigenvalue weighted by atomic mass is 10.4. The van der Waals surface area contributed by atoms with Crippen molar-refractivity contribution < 1.29 is 0 Å². The van der Waals surface area contributed by atoms with Crippen LogP contribution in [0.2, 0.25) is 0 Å². The van der Waals surface area contributed by atoms with Gasteiger partial charge in [0, 0.05) is 0 Å². The quantitative estimate of drug-likeness (QED) is 0.680. The van der Waals surface area contributed by atoms with E-state index in [0.717, 1.165) is 26.2 Å². The third kappa shape index (κ3) is 2.98. The Labute approximate surface area is 126 Å². The smallest absolute Gasteiger partial charge is 0.301 e. The molecule has 0 saturated heterocycles. The summed E-state index contributed by atoms with van der Waals surface area (Å²) >= 11 is 0. The summed E-state index contributed by atoms with van der Waals surface area (Å²) in [5.41, 5.74) is 0. The van der Waals surface area contributed by atoms with Gasteiger partial charge in [0.15, 0.2) is 0 Å². The molecule has 1 aromatic carbocycles. The molecule has 0 fully saturated rings. The summed E-state index contributed by atoms with van der Waals surface area (Å²) in [6, 6.07) is 11.1. The summed E-state index contributed by atoms with van der Waals surface area (Å²) in [4.78, 5) is 0. The minimum atomic E-state index is -2.01. The van der Waals surface area contributed by atoms with E-state index < -0.39 is 8.56 Å². The highest BCUT2D eigenvalue weighted by Gasteiger charge is 2.48. The highest BCUT2D eigenvalue weighted by atomic mass is 28.4. The van der Waals surface area contributed by atoms with Crippen molar-refractivity contribution in [1.29, 1.82) is 0 Å². The van der Waals surface area contributed by atoms with Gasteiger partial charge in [-0.15, -0.1) is 0 Å². The molecule has 0 N–H and O–H groups in total. The number of hydrogen-bond acceptors (Lipinski definition) is 3. The molecule has 0 atom stereocenters. The van der Waals surface area contributed by atoms with Crippen LogP contribution in [0.4, 0.5) is 0 Å². The Bertz CT molecular complexity index is 361. The van der Waals surface area contributed by atoms with Crippen molar-refractivity contribution in [2.45, 2.75) is 27.7 Å². The predicted molar refractivity (Wildman–Crippen MR) is 91.4 cm³/mol. The Morgan fingerprint density at radius 1 is 0.750 bits per heavy atom. The molecule has 1 aromatic rings. The zero-order valence-electron chi connectivity index (χ0n) is 14.1. The van der Waals surface area contributed by atoms with Crippen molar-refractivity contribution in [3.05, 3.63) is 30.3 Å². The molecule has 0 radical (unpaired) electrons. The maximum absolute atomic E-state index is 2.68. The molecule has 0 unspecified atom stereocenters. The first kappa shape index (κ1) is 17.4. The third-order valence-electron chi connectivity index (χ3n) is 4.19. The first-order chi connectivity index (χ1) is 9.59. The van der Waals surface area contributed by atoms with Crippen molar-refractivity contribution in [1.82, 2.24) is 13.7 Å². The van der Waals surface area contributed by atoms with Crippen molar-refractivity contribution >= 4 is 13.7 Å². The fourth-order valence-corrected chi connectivity index (χ4v) is 8.56. The second-order valence-electron chi connectivity index (χ2n) is 5.24.